The highest BCUT2D eigenvalue weighted by molar-refractivity contribution is 7.16. The summed E-state index contributed by atoms with van der Waals surface area (Å²) in [6.45, 7) is 6.89. The molecule has 1 aliphatic rings. The zero-order valence-corrected chi connectivity index (χ0v) is 16.0. The number of amides is 2. The predicted octanol–water partition coefficient (Wildman–Crippen LogP) is 3.18. The van der Waals surface area contributed by atoms with Crippen LogP contribution in [-0.4, -0.2) is 30.4 Å². The van der Waals surface area contributed by atoms with Crippen molar-refractivity contribution in [2.45, 2.75) is 59.4 Å². The number of thiophene rings is 1. The van der Waals surface area contributed by atoms with Gasteiger partial charge in [-0.1, -0.05) is 19.8 Å². The van der Waals surface area contributed by atoms with Gasteiger partial charge in [0.15, 0.2) is 6.61 Å². The molecule has 0 spiro atoms. The number of rotatable bonds is 5. The number of anilines is 1. The Bertz CT molecular complexity index is 668. The summed E-state index contributed by atoms with van der Waals surface area (Å²) in [5, 5.41) is 6.08. The van der Waals surface area contributed by atoms with Crippen LogP contribution in [0.2, 0.25) is 0 Å². The third-order valence-electron chi connectivity index (χ3n) is 4.67. The predicted molar refractivity (Wildman–Crippen MR) is 97.9 cm³/mol. The smallest absolute Gasteiger partial charge is 0.341 e. The molecule has 2 N–H and O–H groups in total. The molecule has 0 unspecified atom stereocenters. The van der Waals surface area contributed by atoms with Crippen molar-refractivity contribution in [1.82, 2.24) is 5.32 Å². The summed E-state index contributed by atoms with van der Waals surface area (Å²) in [7, 11) is 0. The minimum atomic E-state index is -0.586. The second-order valence-corrected chi connectivity index (χ2v) is 7.91. The van der Waals surface area contributed by atoms with E-state index in [1.807, 2.05) is 6.92 Å². The molecule has 1 fully saturated rings. The lowest BCUT2D eigenvalue weighted by Crippen LogP contribution is -2.42. The summed E-state index contributed by atoms with van der Waals surface area (Å²) in [4.78, 5) is 36.7. The Labute approximate surface area is 152 Å². The van der Waals surface area contributed by atoms with Crippen LogP contribution in [0.1, 0.15) is 60.3 Å². The largest absolute Gasteiger partial charge is 0.452 e. The average Bonchev–Trinajstić information content (AvgIpc) is 2.81. The Hall–Kier alpha value is -1.89. The average molecular weight is 366 g/mol. The summed E-state index contributed by atoms with van der Waals surface area (Å²) in [5.74, 6) is -0.670. The van der Waals surface area contributed by atoms with Gasteiger partial charge >= 0.3 is 5.97 Å². The summed E-state index contributed by atoms with van der Waals surface area (Å²) in [6, 6.07) is 0.153. The van der Waals surface area contributed by atoms with Crippen molar-refractivity contribution in [3.63, 3.8) is 0 Å². The van der Waals surface area contributed by atoms with Crippen molar-refractivity contribution in [3.05, 3.63) is 16.0 Å². The molecular formula is C18H26N2O4S. The molecule has 1 heterocycles. The molecule has 0 saturated heterocycles. The van der Waals surface area contributed by atoms with Gasteiger partial charge in [-0.05, 0) is 38.2 Å². The fourth-order valence-electron chi connectivity index (χ4n) is 3.10. The van der Waals surface area contributed by atoms with Crippen molar-refractivity contribution in [2.24, 2.45) is 5.92 Å². The van der Waals surface area contributed by atoms with Gasteiger partial charge < -0.3 is 15.4 Å². The highest BCUT2D eigenvalue weighted by Crippen LogP contribution is 2.33. The van der Waals surface area contributed by atoms with Crippen molar-refractivity contribution < 1.29 is 19.1 Å². The Morgan fingerprint density at radius 2 is 1.88 bits per heavy atom. The molecule has 0 radical (unpaired) electrons. The van der Waals surface area contributed by atoms with Crippen LogP contribution in [0, 0.1) is 19.8 Å². The molecule has 25 heavy (non-hydrogen) atoms. The zero-order valence-electron chi connectivity index (χ0n) is 15.2. The Kier molecular flexibility index (Phi) is 6.58. The number of ether oxygens (including phenoxy) is 1. The van der Waals surface area contributed by atoms with E-state index in [0.717, 1.165) is 29.7 Å². The van der Waals surface area contributed by atoms with E-state index in [4.69, 9.17) is 4.74 Å². The molecule has 6 nitrogen and oxygen atoms in total. The van der Waals surface area contributed by atoms with Crippen LogP contribution < -0.4 is 10.6 Å². The number of hydrogen-bond acceptors (Lipinski definition) is 5. The van der Waals surface area contributed by atoms with Crippen molar-refractivity contribution >= 4 is 34.1 Å². The molecule has 1 aliphatic carbocycles. The number of nitrogens with one attached hydrogen (secondary N) is 2. The van der Waals surface area contributed by atoms with Crippen molar-refractivity contribution in [2.75, 3.05) is 11.9 Å². The topological polar surface area (TPSA) is 84.5 Å². The first-order valence-corrected chi connectivity index (χ1v) is 9.45. The molecule has 7 heteroatoms. The van der Waals surface area contributed by atoms with Gasteiger partial charge in [-0.25, -0.2) is 4.79 Å². The first-order chi connectivity index (χ1) is 11.8. The fraction of sp³-hybridized carbons (Fsp3) is 0.611. The van der Waals surface area contributed by atoms with E-state index >= 15 is 0 Å². The molecule has 0 bridgehead atoms. The number of carbonyl (C=O) groups is 3. The first kappa shape index (κ1) is 19.4. The lowest BCUT2D eigenvalue weighted by atomic mass is 9.86. The fourth-order valence-corrected chi connectivity index (χ4v) is 4.20. The van der Waals surface area contributed by atoms with E-state index in [0.29, 0.717) is 16.5 Å². The minimum Gasteiger partial charge on any atom is -0.452 e. The molecule has 0 aliphatic heterocycles. The van der Waals surface area contributed by atoms with Gasteiger partial charge in [0, 0.05) is 17.8 Å². The Morgan fingerprint density at radius 1 is 1.20 bits per heavy atom. The van der Waals surface area contributed by atoms with Crippen LogP contribution in [0.5, 0.6) is 0 Å². The van der Waals surface area contributed by atoms with Gasteiger partial charge in [-0.3, -0.25) is 9.59 Å². The van der Waals surface area contributed by atoms with E-state index in [2.05, 4.69) is 17.6 Å². The molecule has 1 saturated carbocycles. The second-order valence-electron chi connectivity index (χ2n) is 6.68. The third-order valence-corrected chi connectivity index (χ3v) is 5.79. The maximum atomic E-state index is 12.4. The van der Waals surface area contributed by atoms with E-state index < -0.39 is 5.97 Å². The summed E-state index contributed by atoms with van der Waals surface area (Å²) in [5.41, 5.74) is 1.09. The van der Waals surface area contributed by atoms with Crippen LogP contribution in [0.4, 0.5) is 5.00 Å². The van der Waals surface area contributed by atoms with E-state index in [1.165, 1.54) is 24.7 Å². The van der Waals surface area contributed by atoms with E-state index in [9.17, 15) is 14.4 Å². The maximum Gasteiger partial charge on any atom is 0.341 e. The zero-order chi connectivity index (χ0) is 18.6. The molecule has 2 atom stereocenters. The standard InChI is InChI=1S/C18H26N2O4S/c1-10-7-5-6-8-14(10)20-15(22)9-24-18(23)16-11(2)12(3)25-17(16)19-13(4)21/h10,14H,5-9H2,1-4H3,(H,19,21)(H,20,22)/t10-,14+/m0/s1. The summed E-state index contributed by atoms with van der Waals surface area (Å²) >= 11 is 1.33. The summed E-state index contributed by atoms with van der Waals surface area (Å²) in [6.07, 6.45) is 4.39. The summed E-state index contributed by atoms with van der Waals surface area (Å²) < 4.78 is 5.19. The van der Waals surface area contributed by atoms with Crippen molar-refractivity contribution in [3.8, 4) is 0 Å². The second kappa shape index (κ2) is 8.47. The quantitative estimate of drug-likeness (QED) is 0.784. The highest BCUT2D eigenvalue weighted by atomic mass is 32.1. The molecular weight excluding hydrogens is 340 g/mol. The maximum absolute atomic E-state index is 12.4. The molecule has 1 aromatic rings. The molecule has 2 rings (SSSR count). The monoisotopic (exact) mass is 366 g/mol. The Morgan fingerprint density at radius 3 is 2.52 bits per heavy atom. The SMILES string of the molecule is CC(=O)Nc1sc(C)c(C)c1C(=O)OCC(=O)N[C@@H]1CCCC[C@@H]1C. The van der Waals surface area contributed by atoms with Gasteiger partial charge in [-0.15, -0.1) is 11.3 Å². The van der Waals surface area contributed by atoms with Crippen molar-refractivity contribution in [1.29, 1.82) is 0 Å². The van der Waals surface area contributed by atoms with Crippen LogP contribution in [0.25, 0.3) is 0 Å². The lowest BCUT2D eigenvalue weighted by molar-refractivity contribution is -0.125. The molecule has 1 aromatic heterocycles. The first-order valence-electron chi connectivity index (χ1n) is 8.63. The third kappa shape index (κ3) is 5.04. The minimum absolute atomic E-state index is 0.153. The highest BCUT2D eigenvalue weighted by Gasteiger charge is 2.25. The van der Waals surface area contributed by atoms with Crippen LogP contribution in [-0.2, 0) is 14.3 Å². The van der Waals surface area contributed by atoms with Gasteiger partial charge in [-0.2, -0.15) is 0 Å². The van der Waals surface area contributed by atoms with E-state index in [-0.39, 0.29) is 24.5 Å². The number of aryl methyl sites for hydroxylation is 1. The van der Waals surface area contributed by atoms with Crippen LogP contribution >= 0.6 is 11.3 Å². The van der Waals surface area contributed by atoms with Gasteiger partial charge in [0.05, 0.1) is 5.56 Å². The number of esters is 1. The van der Waals surface area contributed by atoms with Gasteiger partial charge in [0.2, 0.25) is 5.91 Å². The van der Waals surface area contributed by atoms with Crippen LogP contribution in [0.3, 0.4) is 0 Å². The normalized spacial score (nSPS) is 20.0. The number of carbonyl (C=O) groups excluding carboxylic acids is 3. The number of hydrogen-bond donors (Lipinski definition) is 2. The molecule has 2 amide bonds. The van der Waals surface area contributed by atoms with Crippen LogP contribution in [0.15, 0.2) is 0 Å². The molecule has 0 aromatic carbocycles. The lowest BCUT2D eigenvalue weighted by Gasteiger charge is -2.29. The van der Waals surface area contributed by atoms with Gasteiger partial charge in [0.25, 0.3) is 5.91 Å². The van der Waals surface area contributed by atoms with E-state index in [1.54, 1.807) is 6.92 Å². The van der Waals surface area contributed by atoms with Gasteiger partial charge in [0.1, 0.15) is 5.00 Å². The Balaban J connectivity index is 1.95. The molecule has 138 valence electrons.